The van der Waals surface area contributed by atoms with Crippen molar-refractivity contribution in [1.82, 2.24) is 5.32 Å². The Kier molecular flexibility index (Phi) is 5.36. The first-order chi connectivity index (χ1) is 5.08. The van der Waals surface area contributed by atoms with E-state index in [9.17, 15) is 13.2 Å². The minimum absolute atomic E-state index is 0. The van der Waals surface area contributed by atoms with E-state index in [0.717, 1.165) is 19.5 Å². The van der Waals surface area contributed by atoms with Crippen molar-refractivity contribution >= 4 is 24.2 Å². The minimum atomic E-state index is -4.05. The summed E-state index contributed by atoms with van der Waals surface area (Å²) in [4.78, 5) is 0. The molecule has 1 aliphatic rings. The quantitative estimate of drug-likeness (QED) is 0.768. The lowest BCUT2D eigenvalue weighted by molar-refractivity contribution is -0.0329. The molecule has 6 heteroatoms. The van der Waals surface area contributed by atoms with Crippen molar-refractivity contribution in [2.24, 2.45) is 5.92 Å². The van der Waals surface area contributed by atoms with Gasteiger partial charge in [0, 0.05) is 5.75 Å². The van der Waals surface area contributed by atoms with Crippen LogP contribution in [-0.2, 0) is 0 Å². The third-order valence-corrected chi connectivity index (χ3v) is 2.61. The SMILES string of the molecule is Cl.FC(F)(F)SCC1CCNC1. The molecule has 0 amide bonds. The van der Waals surface area contributed by atoms with E-state index < -0.39 is 5.51 Å². The summed E-state index contributed by atoms with van der Waals surface area (Å²) < 4.78 is 35.0. The summed E-state index contributed by atoms with van der Waals surface area (Å²) in [6.45, 7) is 1.60. The molecule has 0 aliphatic carbocycles. The molecule has 1 rings (SSSR count). The molecule has 0 radical (unpaired) electrons. The van der Waals surface area contributed by atoms with Gasteiger partial charge in [0.15, 0.2) is 0 Å². The summed E-state index contributed by atoms with van der Waals surface area (Å²) in [5, 5.41) is 3.03. The zero-order chi connectivity index (χ0) is 8.32. The molecule has 0 aromatic heterocycles. The van der Waals surface area contributed by atoms with Crippen LogP contribution in [0, 0.1) is 5.92 Å². The molecule has 1 unspecified atom stereocenters. The predicted octanol–water partition coefficient (Wildman–Crippen LogP) is 2.27. The summed E-state index contributed by atoms with van der Waals surface area (Å²) >= 11 is 0.0908. The van der Waals surface area contributed by atoms with Crippen LogP contribution in [0.1, 0.15) is 6.42 Å². The Bertz CT molecular complexity index is 124. The molecule has 74 valence electrons. The minimum Gasteiger partial charge on any atom is -0.316 e. The van der Waals surface area contributed by atoms with Crippen LogP contribution in [-0.4, -0.2) is 24.4 Å². The van der Waals surface area contributed by atoms with Gasteiger partial charge in [-0.3, -0.25) is 0 Å². The average Bonchev–Trinajstić information content (AvgIpc) is 2.32. The summed E-state index contributed by atoms with van der Waals surface area (Å²) in [6, 6.07) is 0. The number of nitrogens with one attached hydrogen (secondary N) is 1. The van der Waals surface area contributed by atoms with Crippen molar-refractivity contribution in [3.05, 3.63) is 0 Å². The molecule has 1 saturated heterocycles. The zero-order valence-corrected chi connectivity index (χ0v) is 7.99. The van der Waals surface area contributed by atoms with E-state index in [1.807, 2.05) is 0 Å². The molecule has 0 spiro atoms. The summed E-state index contributed by atoms with van der Waals surface area (Å²) in [6.07, 6.45) is 0.878. The van der Waals surface area contributed by atoms with Gasteiger partial charge >= 0.3 is 5.51 Å². The van der Waals surface area contributed by atoms with Gasteiger partial charge in [-0.25, -0.2) is 0 Å². The van der Waals surface area contributed by atoms with Gasteiger partial charge in [0.1, 0.15) is 0 Å². The van der Waals surface area contributed by atoms with Gasteiger partial charge in [-0.1, -0.05) is 11.8 Å². The molecule has 1 heterocycles. The van der Waals surface area contributed by atoms with E-state index >= 15 is 0 Å². The van der Waals surface area contributed by atoms with E-state index in [0.29, 0.717) is 0 Å². The fourth-order valence-electron chi connectivity index (χ4n) is 1.07. The fraction of sp³-hybridized carbons (Fsp3) is 1.00. The van der Waals surface area contributed by atoms with E-state index in [4.69, 9.17) is 0 Å². The molecule has 1 atom stereocenters. The third-order valence-electron chi connectivity index (χ3n) is 1.65. The maximum absolute atomic E-state index is 11.7. The molecular weight excluding hydrogens is 211 g/mol. The molecule has 1 N–H and O–H groups in total. The molecule has 1 nitrogen and oxygen atoms in total. The van der Waals surface area contributed by atoms with Crippen molar-refractivity contribution in [2.45, 2.75) is 11.9 Å². The molecule has 1 aliphatic heterocycles. The second-order valence-electron chi connectivity index (χ2n) is 2.62. The summed E-state index contributed by atoms with van der Waals surface area (Å²) in [5.74, 6) is 0.415. The lowest BCUT2D eigenvalue weighted by atomic mass is 10.2. The predicted molar refractivity (Wildman–Crippen MR) is 46.7 cm³/mol. The summed E-state index contributed by atoms with van der Waals surface area (Å²) in [7, 11) is 0. The van der Waals surface area contributed by atoms with Crippen molar-refractivity contribution < 1.29 is 13.2 Å². The van der Waals surface area contributed by atoms with Crippen LogP contribution in [0.2, 0.25) is 0 Å². The highest BCUT2D eigenvalue weighted by Gasteiger charge is 2.30. The van der Waals surface area contributed by atoms with Crippen LogP contribution >= 0.6 is 24.2 Å². The third kappa shape index (κ3) is 5.11. The van der Waals surface area contributed by atoms with Crippen LogP contribution in [0.3, 0.4) is 0 Å². The lowest BCUT2D eigenvalue weighted by Gasteiger charge is -2.09. The second-order valence-corrected chi connectivity index (χ2v) is 3.70. The van der Waals surface area contributed by atoms with E-state index in [2.05, 4.69) is 5.32 Å². The summed E-state index contributed by atoms with van der Waals surface area (Å²) in [5.41, 5.74) is -4.05. The average molecular weight is 222 g/mol. The monoisotopic (exact) mass is 221 g/mol. The van der Waals surface area contributed by atoms with Crippen molar-refractivity contribution in [2.75, 3.05) is 18.8 Å². The first-order valence-electron chi connectivity index (χ1n) is 3.49. The fourth-order valence-corrected chi connectivity index (χ4v) is 1.78. The van der Waals surface area contributed by atoms with Crippen LogP contribution in [0.25, 0.3) is 0 Å². The zero-order valence-electron chi connectivity index (χ0n) is 6.36. The Morgan fingerprint density at radius 2 is 2.08 bits per heavy atom. The maximum atomic E-state index is 11.7. The lowest BCUT2D eigenvalue weighted by Crippen LogP contribution is -2.13. The van der Waals surface area contributed by atoms with Crippen LogP contribution < -0.4 is 5.32 Å². The van der Waals surface area contributed by atoms with Gasteiger partial charge in [-0.15, -0.1) is 12.4 Å². The second kappa shape index (κ2) is 5.19. The van der Waals surface area contributed by atoms with Gasteiger partial charge in [0.05, 0.1) is 0 Å². The number of thioether (sulfide) groups is 1. The molecular formula is C6H11ClF3NS. The molecule has 0 bridgehead atoms. The Balaban J connectivity index is 0.00000121. The van der Waals surface area contributed by atoms with Gasteiger partial charge in [0.25, 0.3) is 0 Å². The van der Waals surface area contributed by atoms with E-state index in [1.54, 1.807) is 0 Å². The number of halogens is 4. The van der Waals surface area contributed by atoms with Gasteiger partial charge in [-0.05, 0) is 25.4 Å². The Morgan fingerprint density at radius 1 is 1.42 bits per heavy atom. The van der Waals surface area contributed by atoms with E-state index in [-0.39, 0.29) is 35.8 Å². The molecule has 0 aromatic carbocycles. The van der Waals surface area contributed by atoms with Gasteiger partial charge in [0.2, 0.25) is 0 Å². The Labute approximate surface area is 79.9 Å². The number of hydrogen-bond acceptors (Lipinski definition) is 2. The van der Waals surface area contributed by atoms with Crippen LogP contribution in [0.4, 0.5) is 13.2 Å². The standard InChI is InChI=1S/C6H10F3NS.ClH/c7-6(8,9)11-4-5-1-2-10-3-5;/h5,10H,1-4H2;1H. The first kappa shape index (κ1) is 12.4. The van der Waals surface area contributed by atoms with Crippen molar-refractivity contribution in [1.29, 1.82) is 0 Å². The number of alkyl halides is 3. The smallest absolute Gasteiger partial charge is 0.316 e. The van der Waals surface area contributed by atoms with Crippen LogP contribution in [0.15, 0.2) is 0 Å². The van der Waals surface area contributed by atoms with Crippen molar-refractivity contribution in [3.63, 3.8) is 0 Å². The topological polar surface area (TPSA) is 12.0 Å². The normalized spacial score (nSPS) is 23.8. The highest BCUT2D eigenvalue weighted by molar-refractivity contribution is 8.00. The number of hydrogen-bond donors (Lipinski definition) is 1. The van der Waals surface area contributed by atoms with Gasteiger partial charge < -0.3 is 5.32 Å². The van der Waals surface area contributed by atoms with E-state index in [1.165, 1.54) is 0 Å². The highest BCUT2D eigenvalue weighted by Crippen LogP contribution is 2.32. The largest absolute Gasteiger partial charge is 0.441 e. The highest BCUT2D eigenvalue weighted by atomic mass is 35.5. The number of rotatable bonds is 2. The van der Waals surface area contributed by atoms with Gasteiger partial charge in [-0.2, -0.15) is 13.2 Å². The first-order valence-corrected chi connectivity index (χ1v) is 4.48. The Morgan fingerprint density at radius 3 is 2.50 bits per heavy atom. The maximum Gasteiger partial charge on any atom is 0.441 e. The van der Waals surface area contributed by atoms with Crippen molar-refractivity contribution in [3.8, 4) is 0 Å². The molecule has 12 heavy (non-hydrogen) atoms. The molecule has 1 fully saturated rings. The molecule has 0 saturated carbocycles. The molecule has 0 aromatic rings. The Hall–Kier alpha value is 0.390. The van der Waals surface area contributed by atoms with Crippen LogP contribution in [0.5, 0.6) is 0 Å².